The van der Waals surface area contributed by atoms with Crippen LogP contribution in [0.25, 0.3) is 0 Å². The molecule has 0 aliphatic heterocycles. The SMILES string of the molecule is COC(=O)c1ccc(OC(C)=O)c(C(=O)OC)c1. The Bertz CT molecular complexity index is 491. The van der Waals surface area contributed by atoms with Gasteiger partial charge in [0.15, 0.2) is 0 Å². The van der Waals surface area contributed by atoms with E-state index in [-0.39, 0.29) is 16.9 Å². The zero-order chi connectivity index (χ0) is 13.7. The van der Waals surface area contributed by atoms with Gasteiger partial charge in [-0.1, -0.05) is 0 Å². The number of methoxy groups -OCH3 is 2. The van der Waals surface area contributed by atoms with Crippen LogP contribution < -0.4 is 4.74 Å². The highest BCUT2D eigenvalue weighted by Crippen LogP contribution is 2.21. The van der Waals surface area contributed by atoms with Crippen molar-refractivity contribution in [2.75, 3.05) is 14.2 Å². The van der Waals surface area contributed by atoms with Crippen molar-refractivity contribution in [3.8, 4) is 5.75 Å². The molecule has 0 unspecified atom stereocenters. The molecule has 1 rings (SSSR count). The lowest BCUT2D eigenvalue weighted by Gasteiger charge is -2.08. The summed E-state index contributed by atoms with van der Waals surface area (Å²) in [6, 6.07) is 3.96. The molecule has 6 nitrogen and oxygen atoms in total. The quantitative estimate of drug-likeness (QED) is 0.593. The van der Waals surface area contributed by atoms with E-state index in [2.05, 4.69) is 9.47 Å². The summed E-state index contributed by atoms with van der Waals surface area (Å²) in [5.74, 6) is -1.86. The molecular formula is C12H12O6. The Kier molecular flexibility index (Phi) is 4.42. The first kappa shape index (κ1) is 13.7. The first-order valence-electron chi connectivity index (χ1n) is 4.98. The number of carbonyl (C=O) groups is 3. The van der Waals surface area contributed by atoms with Crippen molar-refractivity contribution in [3.05, 3.63) is 29.3 Å². The molecular weight excluding hydrogens is 240 g/mol. The van der Waals surface area contributed by atoms with Gasteiger partial charge in [0.25, 0.3) is 0 Å². The van der Waals surface area contributed by atoms with Crippen LogP contribution in [0.3, 0.4) is 0 Å². The second-order valence-electron chi connectivity index (χ2n) is 3.29. The summed E-state index contributed by atoms with van der Waals surface area (Å²) in [6.07, 6.45) is 0. The number of carbonyl (C=O) groups excluding carboxylic acids is 3. The van der Waals surface area contributed by atoms with Gasteiger partial charge >= 0.3 is 17.9 Å². The molecule has 0 aromatic heterocycles. The fraction of sp³-hybridized carbons (Fsp3) is 0.250. The molecule has 0 atom stereocenters. The Labute approximate surface area is 103 Å². The number of esters is 3. The molecule has 0 aliphatic rings. The Morgan fingerprint density at radius 2 is 1.61 bits per heavy atom. The Hall–Kier alpha value is -2.37. The van der Waals surface area contributed by atoms with E-state index in [4.69, 9.17) is 4.74 Å². The topological polar surface area (TPSA) is 78.9 Å². The summed E-state index contributed by atoms with van der Waals surface area (Å²) in [5.41, 5.74) is 0.143. The summed E-state index contributed by atoms with van der Waals surface area (Å²) in [6.45, 7) is 1.20. The average Bonchev–Trinajstić information content (AvgIpc) is 2.36. The molecule has 0 spiro atoms. The summed E-state index contributed by atoms with van der Waals surface area (Å²) in [5, 5.41) is 0. The normalized spacial score (nSPS) is 9.50. The summed E-state index contributed by atoms with van der Waals surface area (Å²) >= 11 is 0. The highest BCUT2D eigenvalue weighted by atomic mass is 16.5. The number of rotatable bonds is 3. The molecule has 0 bridgehead atoms. The Morgan fingerprint density at radius 3 is 2.11 bits per heavy atom. The third kappa shape index (κ3) is 3.07. The van der Waals surface area contributed by atoms with Gasteiger partial charge in [0, 0.05) is 6.92 Å². The molecule has 0 saturated carbocycles. The second kappa shape index (κ2) is 5.81. The van der Waals surface area contributed by atoms with Gasteiger partial charge in [-0.2, -0.15) is 0 Å². The van der Waals surface area contributed by atoms with E-state index in [1.807, 2.05) is 0 Å². The molecule has 6 heteroatoms. The average molecular weight is 252 g/mol. The van der Waals surface area contributed by atoms with Crippen LogP contribution in [-0.4, -0.2) is 32.1 Å². The number of ether oxygens (including phenoxy) is 3. The van der Waals surface area contributed by atoms with Crippen LogP contribution in [0.4, 0.5) is 0 Å². The lowest BCUT2D eigenvalue weighted by molar-refractivity contribution is -0.131. The zero-order valence-electron chi connectivity index (χ0n) is 10.2. The van der Waals surface area contributed by atoms with Gasteiger partial charge in [0.1, 0.15) is 11.3 Å². The van der Waals surface area contributed by atoms with Crippen LogP contribution >= 0.6 is 0 Å². The Balaban J connectivity index is 3.24. The van der Waals surface area contributed by atoms with Crippen LogP contribution in [0.2, 0.25) is 0 Å². The van der Waals surface area contributed by atoms with Crippen molar-refractivity contribution in [3.63, 3.8) is 0 Å². The maximum atomic E-state index is 11.5. The van der Waals surface area contributed by atoms with E-state index in [1.165, 1.54) is 39.3 Å². The van der Waals surface area contributed by atoms with E-state index >= 15 is 0 Å². The lowest BCUT2D eigenvalue weighted by Crippen LogP contribution is -2.11. The highest BCUT2D eigenvalue weighted by Gasteiger charge is 2.18. The van der Waals surface area contributed by atoms with Gasteiger partial charge in [-0.15, -0.1) is 0 Å². The van der Waals surface area contributed by atoms with Gasteiger partial charge in [-0.25, -0.2) is 9.59 Å². The molecule has 0 N–H and O–H groups in total. The zero-order valence-corrected chi connectivity index (χ0v) is 10.2. The fourth-order valence-corrected chi connectivity index (χ4v) is 1.29. The highest BCUT2D eigenvalue weighted by molar-refractivity contribution is 5.97. The first-order chi connectivity index (χ1) is 8.49. The summed E-state index contributed by atoms with van der Waals surface area (Å²) < 4.78 is 13.9. The predicted octanol–water partition coefficient (Wildman–Crippen LogP) is 1.19. The number of hydrogen-bond donors (Lipinski definition) is 0. The van der Waals surface area contributed by atoms with Gasteiger partial charge in [-0.3, -0.25) is 4.79 Å². The van der Waals surface area contributed by atoms with Gasteiger partial charge in [0.05, 0.1) is 19.8 Å². The minimum absolute atomic E-state index is 0.0180. The van der Waals surface area contributed by atoms with Crippen LogP contribution in [0.15, 0.2) is 18.2 Å². The van der Waals surface area contributed by atoms with Crippen LogP contribution in [0.1, 0.15) is 27.6 Å². The second-order valence-corrected chi connectivity index (χ2v) is 3.29. The molecule has 0 heterocycles. The minimum atomic E-state index is -0.711. The maximum Gasteiger partial charge on any atom is 0.341 e. The summed E-state index contributed by atoms with van der Waals surface area (Å²) in [7, 11) is 2.41. The van der Waals surface area contributed by atoms with Gasteiger partial charge in [0.2, 0.25) is 0 Å². The van der Waals surface area contributed by atoms with Gasteiger partial charge < -0.3 is 14.2 Å². The van der Waals surface area contributed by atoms with E-state index in [1.54, 1.807) is 0 Å². The van der Waals surface area contributed by atoms with Crippen LogP contribution in [0.5, 0.6) is 5.75 Å². The smallest absolute Gasteiger partial charge is 0.341 e. The molecule has 0 aliphatic carbocycles. The van der Waals surface area contributed by atoms with Crippen molar-refractivity contribution in [1.29, 1.82) is 0 Å². The fourth-order valence-electron chi connectivity index (χ4n) is 1.29. The largest absolute Gasteiger partial charge is 0.465 e. The van der Waals surface area contributed by atoms with E-state index in [9.17, 15) is 14.4 Å². The molecule has 1 aromatic carbocycles. The number of hydrogen-bond acceptors (Lipinski definition) is 6. The van der Waals surface area contributed by atoms with Crippen molar-refractivity contribution in [1.82, 2.24) is 0 Å². The van der Waals surface area contributed by atoms with E-state index in [0.29, 0.717) is 0 Å². The van der Waals surface area contributed by atoms with Crippen molar-refractivity contribution in [2.24, 2.45) is 0 Å². The molecule has 18 heavy (non-hydrogen) atoms. The molecule has 0 radical (unpaired) electrons. The minimum Gasteiger partial charge on any atom is -0.465 e. The molecule has 0 amide bonds. The molecule has 96 valence electrons. The molecule has 0 saturated heterocycles. The third-order valence-corrected chi connectivity index (χ3v) is 2.06. The van der Waals surface area contributed by atoms with Crippen LogP contribution in [0, 0.1) is 0 Å². The van der Waals surface area contributed by atoms with E-state index < -0.39 is 17.9 Å². The van der Waals surface area contributed by atoms with Crippen molar-refractivity contribution < 1.29 is 28.6 Å². The molecule has 0 fully saturated rings. The Morgan fingerprint density at radius 1 is 1.00 bits per heavy atom. The monoisotopic (exact) mass is 252 g/mol. The first-order valence-corrected chi connectivity index (χ1v) is 4.98. The predicted molar refractivity (Wildman–Crippen MR) is 60.4 cm³/mol. The van der Waals surface area contributed by atoms with Crippen molar-refractivity contribution in [2.45, 2.75) is 6.92 Å². The third-order valence-electron chi connectivity index (χ3n) is 2.06. The van der Waals surface area contributed by atoms with Crippen LogP contribution in [-0.2, 0) is 14.3 Å². The van der Waals surface area contributed by atoms with E-state index in [0.717, 1.165) is 0 Å². The summed E-state index contributed by atoms with van der Waals surface area (Å²) in [4.78, 5) is 33.7. The standard InChI is InChI=1S/C12H12O6/c1-7(13)18-10-5-4-8(11(14)16-2)6-9(10)12(15)17-3/h4-6H,1-3H3. The van der Waals surface area contributed by atoms with Crippen molar-refractivity contribution >= 4 is 17.9 Å². The number of benzene rings is 1. The maximum absolute atomic E-state index is 11.5. The molecule has 1 aromatic rings. The lowest BCUT2D eigenvalue weighted by atomic mass is 10.1. The van der Waals surface area contributed by atoms with Gasteiger partial charge in [-0.05, 0) is 18.2 Å².